The number of rotatable bonds is 7. The average Bonchev–Trinajstić information content (AvgIpc) is 3.25. The van der Waals surface area contributed by atoms with Gasteiger partial charge in [-0.05, 0) is 17.9 Å². The van der Waals surface area contributed by atoms with Crippen LogP contribution in [0.1, 0.15) is 22.9 Å². The van der Waals surface area contributed by atoms with Crippen molar-refractivity contribution in [2.24, 2.45) is 0 Å². The molecule has 0 aliphatic carbocycles. The Morgan fingerprint density at radius 3 is 3.14 bits per heavy atom. The maximum atomic E-state index is 5.47. The van der Waals surface area contributed by atoms with E-state index in [0.29, 0.717) is 12.5 Å². The summed E-state index contributed by atoms with van der Waals surface area (Å²) in [5.41, 5.74) is 1.08. The van der Waals surface area contributed by atoms with E-state index in [0.717, 1.165) is 44.2 Å². The Labute approximate surface area is 134 Å². The summed E-state index contributed by atoms with van der Waals surface area (Å²) in [5.74, 6) is 1.36. The van der Waals surface area contributed by atoms with Crippen LogP contribution in [0.5, 0.6) is 0 Å². The van der Waals surface area contributed by atoms with Crippen molar-refractivity contribution < 1.29 is 9.47 Å². The normalized spacial score (nSPS) is 17.8. The van der Waals surface area contributed by atoms with E-state index in [2.05, 4.69) is 38.4 Å². The molecule has 5 nitrogen and oxygen atoms in total. The van der Waals surface area contributed by atoms with E-state index in [9.17, 15) is 0 Å². The van der Waals surface area contributed by atoms with Gasteiger partial charge in [-0.1, -0.05) is 6.07 Å². The monoisotopic (exact) mass is 319 g/mol. The Hall–Kier alpha value is -1.50. The second-order valence-electron chi connectivity index (χ2n) is 5.36. The second-order valence-corrected chi connectivity index (χ2v) is 6.39. The molecular weight excluding hydrogens is 298 g/mol. The van der Waals surface area contributed by atoms with Gasteiger partial charge in [0.15, 0.2) is 0 Å². The molecule has 2 aromatic rings. The topological polar surface area (TPSA) is 47.5 Å². The minimum atomic E-state index is 0.396. The Kier molecular flexibility index (Phi) is 5.37. The van der Waals surface area contributed by atoms with Gasteiger partial charge in [-0.3, -0.25) is 0 Å². The highest BCUT2D eigenvalue weighted by atomic mass is 32.1. The largest absolute Gasteiger partial charge is 0.383 e. The molecular formula is C16H21N3O2S. The van der Waals surface area contributed by atoms with E-state index in [-0.39, 0.29) is 0 Å². The minimum absolute atomic E-state index is 0.396. The fourth-order valence-electron chi connectivity index (χ4n) is 2.59. The molecule has 22 heavy (non-hydrogen) atoms. The summed E-state index contributed by atoms with van der Waals surface area (Å²) in [5, 5.41) is 2.10. The van der Waals surface area contributed by atoms with Gasteiger partial charge in [0.1, 0.15) is 12.1 Å². The summed E-state index contributed by atoms with van der Waals surface area (Å²) >= 11 is 1.76. The predicted molar refractivity (Wildman–Crippen MR) is 87.5 cm³/mol. The molecule has 6 heteroatoms. The SMILES string of the molecule is COCCN(Cc1cccs1)c1cc([C@@H]2CCOC2)ncn1. The second kappa shape index (κ2) is 7.67. The van der Waals surface area contributed by atoms with E-state index in [4.69, 9.17) is 9.47 Å². The zero-order valence-electron chi connectivity index (χ0n) is 12.8. The van der Waals surface area contributed by atoms with Gasteiger partial charge in [0.25, 0.3) is 0 Å². The highest BCUT2D eigenvalue weighted by molar-refractivity contribution is 7.09. The lowest BCUT2D eigenvalue weighted by molar-refractivity contribution is 0.193. The van der Waals surface area contributed by atoms with Crippen LogP contribution in [0.4, 0.5) is 5.82 Å². The van der Waals surface area contributed by atoms with E-state index >= 15 is 0 Å². The van der Waals surface area contributed by atoms with Gasteiger partial charge in [0.05, 0.1) is 25.5 Å². The number of methoxy groups -OCH3 is 1. The fourth-order valence-corrected chi connectivity index (χ4v) is 3.31. The first kappa shape index (κ1) is 15.4. The zero-order valence-corrected chi connectivity index (χ0v) is 13.6. The third kappa shape index (κ3) is 3.82. The van der Waals surface area contributed by atoms with Gasteiger partial charge in [-0.2, -0.15) is 0 Å². The van der Waals surface area contributed by atoms with Crippen LogP contribution in [-0.2, 0) is 16.0 Å². The van der Waals surface area contributed by atoms with Crippen molar-refractivity contribution in [2.75, 3.05) is 38.4 Å². The molecule has 1 aliphatic rings. The van der Waals surface area contributed by atoms with Gasteiger partial charge in [-0.15, -0.1) is 11.3 Å². The lowest BCUT2D eigenvalue weighted by Crippen LogP contribution is -2.27. The molecule has 0 aromatic carbocycles. The summed E-state index contributed by atoms with van der Waals surface area (Å²) in [6.45, 7) is 3.92. The third-order valence-corrected chi connectivity index (χ3v) is 4.70. The first-order valence-electron chi connectivity index (χ1n) is 7.53. The van der Waals surface area contributed by atoms with Crippen molar-refractivity contribution in [1.82, 2.24) is 9.97 Å². The van der Waals surface area contributed by atoms with E-state index in [1.54, 1.807) is 24.8 Å². The Bertz CT molecular complexity index is 571. The quantitative estimate of drug-likeness (QED) is 0.785. The molecule has 0 unspecified atom stereocenters. The summed E-state index contributed by atoms with van der Waals surface area (Å²) < 4.78 is 10.7. The van der Waals surface area contributed by atoms with Crippen LogP contribution < -0.4 is 4.90 Å². The number of aromatic nitrogens is 2. The van der Waals surface area contributed by atoms with Crippen molar-refractivity contribution in [3.8, 4) is 0 Å². The Morgan fingerprint density at radius 1 is 1.45 bits per heavy atom. The molecule has 0 amide bonds. The lowest BCUT2D eigenvalue weighted by Gasteiger charge is -2.23. The van der Waals surface area contributed by atoms with Crippen molar-refractivity contribution in [2.45, 2.75) is 18.9 Å². The van der Waals surface area contributed by atoms with Crippen LogP contribution >= 0.6 is 11.3 Å². The lowest BCUT2D eigenvalue weighted by atomic mass is 10.0. The highest BCUT2D eigenvalue weighted by Crippen LogP contribution is 2.26. The Morgan fingerprint density at radius 2 is 2.41 bits per heavy atom. The maximum Gasteiger partial charge on any atom is 0.132 e. The maximum absolute atomic E-state index is 5.47. The number of hydrogen-bond donors (Lipinski definition) is 0. The summed E-state index contributed by atoms with van der Waals surface area (Å²) in [6.07, 6.45) is 2.71. The smallest absolute Gasteiger partial charge is 0.132 e. The van der Waals surface area contributed by atoms with Crippen LogP contribution in [-0.4, -0.2) is 43.4 Å². The molecule has 118 valence electrons. The molecule has 1 aliphatic heterocycles. The molecule has 0 saturated carbocycles. The molecule has 3 rings (SSSR count). The average molecular weight is 319 g/mol. The summed E-state index contributed by atoms with van der Waals surface area (Å²) in [7, 11) is 1.73. The van der Waals surface area contributed by atoms with Crippen molar-refractivity contribution in [1.29, 1.82) is 0 Å². The zero-order chi connectivity index (χ0) is 15.2. The van der Waals surface area contributed by atoms with Crippen molar-refractivity contribution in [3.63, 3.8) is 0 Å². The minimum Gasteiger partial charge on any atom is -0.383 e. The number of thiophene rings is 1. The van der Waals surface area contributed by atoms with Crippen molar-refractivity contribution >= 4 is 17.2 Å². The molecule has 0 N–H and O–H groups in total. The van der Waals surface area contributed by atoms with Crippen LogP contribution in [0.3, 0.4) is 0 Å². The molecule has 2 aromatic heterocycles. The molecule has 3 heterocycles. The standard InChI is InChI=1S/C16H21N3O2S/c1-20-7-5-19(10-14-3-2-8-22-14)16-9-15(17-12-18-16)13-4-6-21-11-13/h2-3,8-9,12-13H,4-7,10-11H2,1H3/t13-/m1/s1. The van der Waals surface area contributed by atoms with Crippen LogP contribution in [0, 0.1) is 0 Å². The van der Waals surface area contributed by atoms with E-state index in [1.165, 1.54) is 4.88 Å². The van der Waals surface area contributed by atoms with Gasteiger partial charge in [0, 0.05) is 37.1 Å². The van der Waals surface area contributed by atoms with Gasteiger partial charge in [0.2, 0.25) is 0 Å². The molecule has 1 fully saturated rings. The predicted octanol–water partition coefficient (Wildman–Crippen LogP) is 2.70. The molecule has 0 spiro atoms. The number of nitrogens with zero attached hydrogens (tertiary/aromatic N) is 3. The van der Waals surface area contributed by atoms with Gasteiger partial charge < -0.3 is 14.4 Å². The number of ether oxygens (including phenoxy) is 2. The van der Waals surface area contributed by atoms with Crippen LogP contribution in [0.15, 0.2) is 29.9 Å². The summed E-state index contributed by atoms with van der Waals surface area (Å²) in [4.78, 5) is 12.5. The van der Waals surface area contributed by atoms with Gasteiger partial charge >= 0.3 is 0 Å². The van der Waals surface area contributed by atoms with Gasteiger partial charge in [-0.25, -0.2) is 9.97 Å². The van der Waals surface area contributed by atoms with Crippen LogP contribution in [0.25, 0.3) is 0 Å². The molecule has 0 bridgehead atoms. The van der Waals surface area contributed by atoms with Crippen molar-refractivity contribution in [3.05, 3.63) is 40.5 Å². The first-order valence-corrected chi connectivity index (χ1v) is 8.40. The molecule has 1 atom stereocenters. The van der Waals surface area contributed by atoms with E-state index in [1.807, 2.05) is 0 Å². The molecule has 1 saturated heterocycles. The highest BCUT2D eigenvalue weighted by Gasteiger charge is 2.20. The first-order chi connectivity index (χ1) is 10.9. The molecule has 0 radical (unpaired) electrons. The summed E-state index contributed by atoms with van der Waals surface area (Å²) in [6, 6.07) is 6.33. The Balaban J connectivity index is 1.78. The third-order valence-electron chi connectivity index (χ3n) is 3.84. The van der Waals surface area contributed by atoms with E-state index < -0.39 is 0 Å². The number of anilines is 1. The van der Waals surface area contributed by atoms with Crippen LogP contribution in [0.2, 0.25) is 0 Å². The number of hydrogen-bond acceptors (Lipinski definition) is 6. The fraction of sp³-hybridized carbons (Fsp3) is 0.500.